The SMILES string of the molecule is CC(O)[C@H]1CC[C@H](NC(=O)c2ccc(-c3nccc4occc34)cc2)CC1. The number of aliphatic hydroxyl groups excluding tert-OH is 1. The van der Waals surface area contributed by atoms with Crippen molar-refractivity contribution in [1.82, 2.24) is 10.3 Å². The highest BCUT2D eigenvalue weighted by atomic mass is 16.3. The molecule has 1 atom stereocenters. The maximum absolute atomic E-state index is 12.6. The van der Waals surface area contributed by atoms with E-state index in [0.717, 1.165) is 47.9 Å². The molecule has 0 radical (unpaired) electrons. The summed E-state index contributed by atoms with van der Waals surface area (Å²) in [5.74, 6) is 0.312. The van der Waals surface area contributed by atoms with Crippen LogP contribution in [0.25, 0.3) is 22.2 Å². The van der Waals surface area contributed by atoms with E-state index in [1.807, 2.05) is 43.3 Å². The summed E-state index contributed by atoms with van der Waals surface area (Å²) in [4.78, 5) is 17.0. The first-order valence-corrected chi connectivity index (χ1v) is 9.53. The van der Waals surface area contributed by atoms with Gasteiger partial charge in [0.1, 0.15) is 5.58 Å². The monoisotopic (exact) mass is 364 g/mol. The van der Waals surface area contributed by atoms with Crippen LogP contribution in [0, 0.1) is 5.92 Å². The second kappa shape index (κ2) is 7.53. The number of carbonyl (C=O) groups is 1. The molecule has 0 saturated heterocycles. The van der Waals surface area contributed by atoms with E-state index in [4.69, 9.17) is 4.42 Å². The van der Waals surface area contributed by atoms with Gasteiger partial charge in [0.05, 0.1) is 18.1 Å². The van der Waals surface area contributed by atoms with Crippen LogP contribution in [-0.4, -0.2) is 28.1 Å². The lowest BCUT2D eigenvalue weighted by atomic mass is 9.83. The third-order valence-corrected chi connectivity index (χ3v) is 5.59. The van der Waals surface area contributed by atoms with Crippen LogP contribution in [0.15, 0.2) is 53.3 Å². The predicted molar refractivity (Wildman–Crippen MR) is 104 cm³/mol. The van der Waals surface area contributed by atoms with Gasteiger partial charge in [-0.05, 0) is 62.8 Å². The lowest BCUT2D eigenvalue weighted by molar-refractivity contribution is 0.0832. The lowest BCUT2D eigenvalue weighted by Crippen LogP contribution is -2.39. The van der Waals surface area contributed by atoms with Crippen molar-refractivity contribution < 1.29 is 14.3 Å². The zero-order valence-corrected chi connectivity index (χ0v) is 15.4. The van der Waals surface area contributed by atoms with Crippen LogP contribution < -0.4 is 5.32 Å². The molecule has 0 aliphatic heterocycles. The first-order chi connectivity index (χ1) is 13.1. The molecular formula is C22H24N2O3. The minimum Gasteiger partial charge on any atom is -0.464 e. The van der Waals surface area contributed by atoms with Crippen molar-refractivity contribution in [2.45, 2.75) is 44.8 Å². The van der Waals surface area contributed by atoms with E-state index < -0.39 is 0 Å². The van der Waals surface area contributed by atoms with E-state index in [-0.39, 0.29) is 18.1 Å². The molecule has 1 saturated carbocycles. The summed E-state index contributed by atoms with van der Waals surface area (Å²) in [5, 5.41) is 13.8. The zero-order valence-electron chi connectivity index (χ0n) is 15.4. The molecule has 5 nitrogen and oxygen atoms in total. The Bertz CT molecular complexity index is 922. The maximum Gasteiger partial charge on any atom is 0.251 e. The van der Waals surface area contributed by atoms with Crippen LogP contribution in [0.4, 0.5) is 0 Å². The number of hydrogen-bond donors (Lipinski definition) is 2. The molecule has 2 heterocycles. The predicted octanol–water partition coefficient (Wildman–Crippen LogP) is 4.16. The Morgan fingerprint density at radius 2 is 1.89 bits per heavy atom. The Labute approximate surface area is 158 Å². The summed E-state index contributed by atoms with van der Waals surface area (Å²) in [6, 6.07) is 11.5. The molecule has 3 aromatic rings. The van der Waals surface area contributed by atoms with Crippen LogP contribution in [0.1, 0.15) is 43.0 Å². The molecule has 2 aromatic heterocycles. The minimum atomic E-state index is -0.262. The fourth-order valence-corrected chi connectivity index (χ4v) is 3.92. The van der Waals surface area contributed by atoms with Crippen molar-refractivity contribution in [3.8, 4) is 11.3 Å². The highest BCUT2D eigenvalue weighted by Crippen LogP contribution is 2.28. The van der Waals surface area contributed by atoms with Crippen molar-refractivity contribution in [2.75, 3.05) is 0 Å². The van der Waals surface area contributed by atoms with Gasteiger partial charge in [-0.1, -0.05) is 12.1 Å². The third-order valence-electron chi connectivity index (χ3n) is 5.59. The number of amides is 1. The average Bonchev–Trinajstić information content (AvgIpc) is 3.17. The molecule has 140 valence electrons. The average molecular weight is 364 g/mol. The summed E-state index contributed by atoms with van der Waals surface area (Å²) in [6.07, 6.45) is 6.89. The number of pyridine rings is 1. The molecule has 4 rings (SSSR count). The Balaban J connectivity index is 1.43. The number of benzene rings is 1. The Kier molecular flexibility index (Phi) is 4.94. The quantitative estimate of drug-likeness (QED) is 0.729. The molecule has 1 aliphatic rings. The summed E-state index contributed by atoms with van der Waals surface area (Å²) in [5.41, 5.74) is 3.26. The van der Waals surface area contributed by atoms with Crippen LogP contribution >= 0.6 is 0 Å². The van der Waals surface area contributed by atoms with Gasteiger partial charge in [0, 0.05) is 28.8 Å². The minimum absolute atomic E-state index is 0.0449. The summed E-state index contributed by atoms with van der Waals surface area (Å²) in [7, 11) is 0. The first kappa shape index (κ1) is 17.7. The van der Waals surface area contributed by atoms with Gasteiger partial charge in [0.15, 0.2) is 0 Å². The van der Waals surface area contributed by atoms with E-state index in [9.17, 15) is 9.90 Å². The van der Waals surface area contributed by atoms with E-state index in [0.29, 0.717) is 11.5 Å². The lowest BCUT2D eigenvalue weighted by Gasteiger charge is -2.30. The van der Waals surface area contributed by atoms with Gasteiger partial charge >= 0.3 is 0 Å². The molecule has 1 aliphatic carbocycles. The normalized spacial score (nSPS) is 21.1. The van der Waals surface area contributed by atoms with Crippen LogP contribution in [0.5, 0.6) is 0 Å². The molecule has 1 fully saturated rings. The van der Waals surface area contributed by atoms with Crippen molar-refractivity contribution in [3.63, 3.8) is 0 Å². The van der Waals surface area contributed by atoms with Crippen molar-refractivity contribution in [2.24, 2.45) is 5.92 Å². The van der Waals surface area contributed by atoms with Gasteiger partial charge in [-0.2, -0.15) is 0 Å². The fourth-order valence-electron chi connectivity index (χ4n) is 3.92. The number of aliphatic hydroxyl groups is 1. The highest BCUT2D eigenvalue weighted by Gasteiger charge is 2.25. The highest BCUT2D eigenvalue weighted by molar-refractivity contribution is 5.96. The topological polar surface area (TPSA) is 75.4 Å². The molecule has 1 unspecified atom stereocenters. The van der Waals surface area contributed by atoms with E-state index >= 15 is 0 Å². The number of carbonyl (C=O) groups excluding carboxylic acids is 1. The van der Waals surface area contributed by atoms with Crippen molar-refractivity contribution in [3.05, 3.63) is 54.4 Å². The largest absolute Gasteiger partial charge is 0.464 e. The molecule has 1 aromatic carbocycles. The van der Waals surface area contributed by atoms with Gasteiger partial charge in [-0.15, -0.1) is 0 Å². The van der Waals surface area contributed by atoms with Crippen molar-refractivity contribution >= 4 is 16.9 Å². The second-order valence-corrected chi connectivity index (χ2v) is 7.40. The number of furan rings is 1. The van der Waals surface area contributed by atoms with Gasteiger partial charge in [0.25, 0.3) is 5.91 Å². The standard InChI is InChI=1S/C22H24N2O3/c1-14(25)15-6-8-18(9-7-15)24-22(26)17-4-2-16(3-5-17)21-19-11-13-27-20(19)10-12-23-21/h2-5,10-15,18,25H,6-9H2,1H3,(H,24,26)/t14?,15-,18-. The summed E-state index contributed by atoms with van der Waals surface area (Å²) >= 11 is 0. The number of fused-ring (bicyclic) bond motifs is 1. The molecule has 0 bridgehead atoms. The molecular weight excluding hydrogens is 340 g/mol. The van der Waals surface area contributed by atoms with Gasteiger partial charge in [-0.3, -0.25) is 9.78 Å². The fraction of sp³-hybridized carbons (Fsp3) is 0.364. The van der Waals surface area contributed by atoms with Crippen LogP contribution in [0.2, 0.25) is 0 Å². The molecule has 1 amide bonds. The van der Waals surface area contributed by atoms with Gasteiger partial charge in [0.2, 0.25) is 0 Å². The smallest absolute Gasteiger partial charge is 0.251 e. The molecule has 5 heteroatoms. The third kappa shape index (κ3) is 3.74. The first-order valence-electron chi connectivity index (χ1n) is 9.53. The number of nitrogens with zero attached hydrogens (tertiary/aromatic N) is 1. The van der Waals surface area contributed by atoms with E-state index in [1.165, 1.54) is 0 Å². The Hall–Kier alpha value is -2.66. The second-order valence-electron chi connectivity index (χ2n) is 7.40. The van der Waals surface area contributed by atoms with Gasteiger partial charge in [-0.25, -0.2) is 0 Å². The van der Waals surface area contributed by atoms with Crippen LogP contribution in [0.3, 0.4) is 0 Å². The summed E-state index contributed by atoms with van der Waals surface area (Å²) in [6.45, 7) is 1.85. The van der Waals surface area contributed by atoms with Crippen molar-refractivity contribution in [1.29, 1.82) is 0 Å². The molecule has 0 spiro atoms. The Morgan fingerprint density at radius 3 is 2.59 bits per heavy atom. The molecule has 27 heavy (non-hydrogen) atoms. The Morgan fingerprint density at radius 1 is 1.15 bits per heavy atom. The van der Waals surface area contributed by atoms with E-state index in [2.05, 4.69) is 10.3 Å². The van der Waals surface area contributed by atoms with Crippen LogP contribution in [-0.2, 0) is 0 Å². The maximum atomic E-state index is 12.6. The number of aromatic nitrogens is 1. The number of nitrogens with one attached hydrogen (secondary N) is 1. The number of hydrogen-bond acceptors (Lipinski definition) is 4. The summed E-state index contributed by atoms with van der Waals surface area (Å²) < 4.78 is 5.43. The van der Waals surface area contributed by atoms with E-state index in [1.54, 1.807) is 12.5 Å². The number of rotatable bonds is 4. The zero-order chi connectivity index (χ0) is 18.8. The van der Waals surface area contributed by atoms with Gasteiger partial charge < -0.3 is 14.8 Å². The molecule has 2 N–H and O–H groups in total.